The third-order valence-corrected chi connectivity index (χ3v) is 5.85. The van der Waals surface area contributed by atoms with Crippen LogP contribution in [0, 0.1) is 5.92 Å². The third kappa shape index (κ3) is 4.15. The Labute approximate surface area is 160 Å². The largest absolute Gasteiger partial charge is 0.368 e. The van der Waals surface area contributed by atoms with Crippen LogP contribution in [0.3, 0.4) is 0 Å². The van der Waals surface area contributed by atoms with E-state index in [9.17, 15) is 14.4 Å². The predicted octanol–water partition coefficient (Wildman–Crippen LogP) is 2.30. The van der Waals surface area contributed by atoms with Gasteiger partial charge in [0.05, 0.1) is 5.92 Å². The fourth-order valence-corrected chi connectivity index (χ4v) is 4.11. The van der Waals surface area contributed by atoms with Gasteiger partial charge in [-0.1, -0.05) is 38.3 Å². The second kappa shape index (κ2) is 8.11. The summed E-state index contributed by atoms with van der Waals surface area (Å²) >= 11 is 0. The average molecular weight is 371 g/mol. The number of carbonyl (C=O) groups excluding carboxylic acids is 3. The van der Waals surface area contributed by atoms with E-state index in [0.29, 0.717) is 19.4 Å². The lowest BCUT2D eigenvalue weighted by Crippen LogP contribution is -2.57. The topological polar surface area (TPSA) is 92.5 Å². The number of nitrogens with one attached hydrogen (secondary N) is 1. The molecular formula is C21H29N3O3. The fraction of sp³-hybridized carbons (Fsp3) is 0.571. The summed E-state index contributed by atoms with van der Waals surface area (Å²) in [5.74, 6) is -1.23. The lowest BCUT2D eigenvalue weighted by atomic mass is 9.95. The standard InChI is InChI=1S/C21H29N3O3/c1-2-3-6-15-7-9-17(10-8-15)24-14-16(13-18(24)25)19(26)23-21(20(22)27)11-4-5-12-21/h7-10,16H,2-6,11-14H2,1H3,(H2,22,27)(H,23,26). The summed E-state index contributed by atoms with van der Waals surface area (Å²) in [6.45, 7) is 2.50. The maximum atomic E-state index is 12.7. The van der Waals surface area contributed by atoms with Gasteiger partial charge in [0, 0.05) is 18.7 Å². The molecule has 1 aliphatic carbocycles. The first kappa shape index (κ1) is 19.4. The number of hydrogen-bond acceptors (Lipinski definition) is 3. The molecule has 1 heterocycles. The first-order chi connectivity index (χ1) is 12.9. The van der Waals surface area contributed by atoms with Gasteiger partial charge in [-0.25, -0.2) is 0 Å². The molecule has 6 nitrogen and oxygen atoms in total. The number of hydrogen-bond donors (Lipinski definition) is 2. The van der Waals surface area contributed by atoms with E-state index in [0.717, 1.165) is 37.8 Å². The van der Waals surface area contributed by atoms with Gasteiger partial charge in [0.25, 0.3) is 0 Å². The van der Waals surface area contributed by atoms with Crippen LogP contribution in [0.5, 0.6) is 0 Å². The van der Waals surface area contributed by atoms with Crippen molar-refractivity contribution in [1.82, 2.24) is 5.32 Å². The molecule has 6 heteroatoms. The van der Waals surface area contributed by atoms with E-state index in [4.69, 9.17) is 5.73 Å². The van der Waals surface area contributed by atoms with Gasteiger partial charge in [-0.3, -0.25) is 14.4 Å². The normalized spacial score (nSPS) is 21.4. The smallest absolute Gasteiger partial charge is 0.243 e. The maximum Gasteiger partial charge on any atom is 0.243 e. The zero-order valence-corrected chi connectivity index (χ0v) is 16.0. The zero-order valence-electron chi connectivity index (χ0n) is 16.0. The van der Waals surface area contributed by atoms with E-state index in [-0.39, 0.29) is 18.2 Å². The van der Waals surface area contributed by atoms with Crippen molar-refractivity contribution in [3.8, 4) is 0 Å². The van der Waals surface area contributed by atoms with Crippen molar-refractivity contribution < 1.29 is 14.4 Å². The first-order valence-corrected chi connectivity index (χ1v) is 9.96. The molecule has 0 bridgehead atoms. The minimum absolute atomic E-state index is 0.0593. The molecule has 3 amide bonds. The molecule has 2 fully saturated rings. The Balaban J connectivity index is 1.64. The van der Waals surface area contributed by atoms with Gasteiger partial charge < -0.3 is 16.0 Å². The summed E-state index contributed by atoms with van der Waals surface area (Å²) in [6.07, 6.45) is 6.41. The lowest BCUT2D eigenvalue weighted by molar-refractivity contribution is -0.133. The predicted molar refractivity (Wildman–Crippen MR) is 104 cm³/mol. The number of primary amides is 1. The lowest BCUT2D eigenvalue weighted by Gasteiger charge is -2.28. The van der Waals surface area contributed by atoms with Gasteiger partial charge >= 0.3 is 0 Å². The number of amides is 3. The van der Waals surface area contributed by atoms with Crippen LogP contribution in [-0.2, 0) is 20.8 Å². The molecule has 3 rings (SSSR count). The van der Waals surface area contributed by atoms with Crippen molar-refractivity contribution in [3.05, 3.63) is 29.8 Å². The van der Waals surface area contributed by atoms with Crippen LogP contribution >= 0.6 is 0 Å². The quantitative estimate of drug-likeness (QED) is 0.770. The van der Waals surface area contributed by atoms with Crippen LogP contribution in [0.25, 0.3) is 0 Å². The van der Waals surface area contributed by atoms with Gasteiger partial charge in [-0.15, -0.1) is 0 Å². The molecule has 1 aliphatic heterocycles. The van der Waals surface area contributed by atoms with E-state index in [1.54, 1.807) is 4.90 Å². The highest BCUT2D eigenvalue weighted by Gasteiger charge is 2.44. The van der Waals surface area contributed by atoms with Crippen LogP contribution in [0.4, 0.5) is 5.69 Å². The van der Waals surface area contributed by atoms with Crippen LogP contribution < -0.4 is 16.0 Å². The number of aryl methyl sites for hydroxylation is 1. The second-order valence-corrected chi connectivity index (χ2v) is 7.82. The average Bonchev–Trinajstić information content (AvgIpc) is 3.28. The van der Waals surface area contributed by atoms with Crippen LogP contribution in [0.2, 0.25) is 0 Å². The number of benzene rings is 1. The number of anilines is 1. The Morgan fingerprint density at radius 2 is 1.89 bits per heavy atom. The van der Waals surface area contributed by atoms with E-state index >= 15 is 0 Å². The fourth-order valence-electron chi connectivity index (χ4n) is 4.11. The van der Waals surface area contributed by atoms with E-state index in [2.05, 4.69) is 12.2 Å². The SMILES string of the molecule is CCCCc1ccc(N2CC(C(=O)NC3(C(N)=O)CCCC3)CC2=O)cc1. The minimum Gasteiger partial charge on any atom is -0.368 e. The summed E-state index contributed by atoms with van der Waals surface area (Å²) < 4.78 is 0. The summed E-state index contributed by atoms with van der Waals surface area (Å²) in [5.41, 5.74) is 6.68. The van der Waals surface area contributed by atoms with Crippen LogP contribution in [-0.4, -0.2) is 29.8 Å². The summed E-state index contributed by atoms with van der Waals surface area (Å²) in [5, 5.41) is 2.87. The molecule has 2 aliphatic rings. The Kier molecular flexibility index (Phi) is 5.82. The molecule has 146 valence electrons. The molecule has 27 heavy (non-hydrogen) atoms. The number of rotatable bonds is 7. The van der Waals surface area contributed by atoms with Crippen molar-refractivity contribution in [2.24, 2.45) is 11.7 Å². The molecule has 1 saturated heterocycles. The van der Waals surface area contributed by atoms with Crippen molar-refractivity contribution in [2.75, 3.05) is 11.4 Å². The molecule has 0 spiro atoms. The Morgan fingerprint density at radius 1 is 1.22 bits per heavy atom. The van der Waals surface area contributed by atoms with Crippen molar-refractivity contribution in [1.29, 1.82) is 0 Å². The number of nitrogens with zero attached hydrogens (tertiary/aromatic N) is 1. The maximum absolute atomic E-state index is 12.7. The van der Waals surface area contributed by atoms with E-state index < -0.39 is 17.4 Å². The Morgan fingerprint density at radius 3 is 2.48 bits per heavy atom. The highest BCUT2D eigenvalue weighted by molar-refractivity contribution is 6.01. The van der Waals surface area contributed by atoms with Gasteiger partial charge in [-0.05, 0) is 43.4 Å². The first-order valence-electron chi connectivity index (χ1n) is 9.96. The number of carbonyl (C=O) groups is 3. The molecule has 1 atom stereocenters. The molecular weight excluding hydrogens is 342 g/mol. The van der Waals surface area contributed by atoms with Crippen molar-refractivity contribution in [2.45, 2.75) is 63.8 Å². The summed E-state index contributed by atoms with van der Waals surface area (Å²) in [7, 11) is 0. The van der Waals surface area contributed by atoms with E-state index in [1.165, 1.54) is 5.56 Å². The summed E-state index contributed by atoms with van der Waals surface area (Å²) in [6, 6.07) is 7.99. The van der Waals surface area contributed by atoms with Gasteiger partial charge in [0.1, 0.15) is 5.54 Å². The Bertz CT molecular complexity index is 708. The minimum atomic E-state index is -0.936. The Hall–Kier alpha value is -2.37. The monoisotopic (exact) mass is 371 g/mol. The molecule has 0 radical (unpaired) electrons. The van der Waals surface area contributed by atoms with E-state index in [1.807, 2.05) is 24.3 Å². The highest BCUT2D eigenvalue weighted by atomic mass is 16.2. The van der Waals surface area contributed by atoms with Gasteiger partial charge in [0.15, 0.2) is 0 Å². The molecule has 1 unspecified atom stereocenters. The zero-order chi connectivity index (χ0) is 19.4. The van der Waals surface area contributed by atoms with Crippen molar-refractivity contribution >= 4 is 23.4 Å². The highest BCUT2D eigenvalue weighted by Crippen LogP contribution is 2.31. The number of unbranched alkanes of at least 4 members (excludes halogenated alkanes) is 1. The molecule has 0 aromatic heterocycles. The van der Waals surface area contributed by atoms with Crippen LogP contribution in [0.15, 0.2) is 24.3 Å². The molecule has 1 saturated carbocycles. The molecule has 3 N–H and O–H groups in total. The summed E-state index contributed by atoms with van der Waals surface area (Å²) in [4.78, 5) is 38.7. The van der Waals surface area contributed by atoms with Gasteiger partial charge in [0.2, 0.25) is 17.7 Å². The molecule has 1 aromatic rings. The number of nitrogens with two attached hydrogens (primary N) is 1. The van der Waals surface area contributed by atoms with Gasteiger partial charge in [-0.2, -0.15) is 0 Å². The van der Waals surface area contributed by atoms with Crippen LogP contribution in [0.1, 0.15) is 57.4 Å². The second-order valence-electron chi connectivity index (χ2n) is 7.82. The third-order valence-electron chi connectivity index (χ3n) is 5.85. The molecule has 1 aromatic carbocycles. The van der Waals surface area contributed by atoms with Crippen molar-refractivity contribution in [3.63, 3.8) is 0 Å².